The van der Waals surface area contributed by atoms with E-state index in [1.54, 1.807) is 12.1 Å². The molecule has 2 aromatic carbocycles. The third kappa shape index (κ3) is 4.55. The molecule has 1 unspecified atom stereocenters. The highest BCUT2D eigenvalue weighted by Gasteiger charge is 2.39. The van der Waals surface area contributed by atoms with Crippen molar-refractivity contribution in [2.24, 2.45) is 0 Å². The third-order valence-electron chi connectivity index (χ3n) is 7.63. The molecule has 6 nitrogen and oxygen atoms in total. The number of fused-ring (bicyclic) bond motifs is 3. The Morgan fingerprint density at radius 3 is 2.05 bits per heavy atom. The average molecular weight is 491 g/mol. The van der Waals surface area contributed by atoms with Crippen LogP contribution < -0.4 is 16.0 Å². The fourth-order valence-corrected chi connectivity index (χ4v) is 6.12. The van der Waals surface area contributed by atoms with Crippen LogP contribution in [0.3, 0.4) is 0 Å². The average Bonchev–Trinajstić information content (AvgIpc) is 2.90. The van der Waals surface area contributed by atoms with Crippen molar-refractivity contribution < 1.29 is 0 Å². The lowest BCUT2D eigenvalue weighted by Crippen LogP contribution is -2.53. The van der Waals surface area contributed by atoms with Gasteiger partial charge < -0.3 is 14.5 Å². The van der Waals surface area contributed by atoms with Crippen molar-refractivity contribution >= 4 is 16.7 Å². The van der Waals surface area contributed by atoms with E-state index in [1.807, 2.05) is 47.0 Å². The molecule has 2 fully saturated rings. The van der Waals surface area contributed by atoms with Crippen LogP contribution in [0, 0.1) is 0 Å². The van der Waals surface area contributed by atoms with Crippen molar-refractivity contribution in [3.05, 3.63) is 118 Å². The number of aromatic amines is 1. The van der Waals surface area contributed by atoms with Gasteiger partial charge in [0.15, 0.2) is 5.69 Å². The van der Waals surface area contributed by atoms with Crippen LogP contribution in [0.25, 0.3) is 22.4 Å². The first-order valence-corrected chi connectivity index (χ1v) is 13.1. The van der Waals surface area contributed by atoms with E-state index in [4.69, 9.17) is 0 Å². The second kappa shape index (κ2) is 10.1. The summed E-state index contributed by atoms with van der Waals surface area (Å²) in [5, 5.41) is 0. The normalized spacial score (nSPS) is 20.9. The monoisotopic (exact) mass is 490 g/mol. The number of anilines is 1. The van der Waals surface area contributed by atoms with Crippen LogP contribution in [0.1, 0.15) is 38.1 Å². The summed E-state index contributed by atoms with van der Waals surface area (Å²) in [5.74, 6) is 0. The first kappa shape index (κ1) is 23.2. The molecular formula is C31H30N4O2. The highest BCUT2D eigenvalue weighted by molar-refractivity contribution is 5.77. The van der Waals surface area contributed by atoms with Crippen molar-refractivity contribution in [3.63, 3.8) is 0 Å². The molecule has 2 bridgehead atoms. The number of hydrogen-bond donors (Lipinski definition) is 1. The molecule has 2 aliphatic rings. The third-order valence-corrected chi connectivity index (χ3v) is 7.63. The van der Waals surface area contributed by atoms with E-state index in [-0.39, 0.29) is 17.2 Å². The van der Waals surface area contributed by atoms with Gasteiger partial charge in [-0.25, -0.2) is 4.98 Å². The first-order valence-electron chi connectivity index (χ1n) is 13.1. The quantitative estimate of drug-likeness (QED) is 0.404. The fraction of sp³-hybridized carbons (Fsp3) is 0.258. The van der Waals surface area contributed by atoms with Crippen LogP contribution in [0.5, 0.6) is 0 Å². The van der Waals surface area contributed by atoms with Crippen molar-refractivity contribution in [1.29, 1.82) is 0 Å². The zero-order chi connectivity index (χ0) is 25.2. The number of aromatic nitrogens is 3. The lowest BCUT2D eigenvalue weighted by atomic mass is 9.81. The molecule has 0 amide bonds. The van der Waals surface area contributed by atoms with E-state index in [1.165, 1.54) is 18.2 Å². The zero-order valence-electron chi connectivity index (χ0n) is 20.7. The van der Waals surface area contributed by atoms with Crippen molar-refractivity contribution in [2.45, 2.75) is 50.2 Å². The lowest BCUT2D eigenvalue weighted by Gasteiger charge is -2.50. The van der Waals surface area contributed by atoms with Crippen LogP contribution in [0.2, 0.25) is 0 Å². The summed E-state index contributed by atoms with van der Waals surface area (Å²) < 4.78 is 1.95. The number of nitrogens with one attached hydrogen (secondary N) is 1. The topological polar surface area (TPSA) is 71.0 Å². The molecule has 0 radical (unpaired) electrons. The molecule has 4 heterocycles. The molecule has 2 aliphatic heterocycles. The Morgan fingerprint density at radius 1 is 0.703 bits per heavy atom. The molecule has 3 atom stereocenters. The number of H-pyrrole nitrogens is 1. The van der Waals surface area contributed by atoms with Crippen LogP contribution in [-0.2, 0) is 0 Å². The largest absolute Gasteiger partial charge is 0.365 e. The molecule has 1 N–H and O–H groups in total. The van der Waals surface area contributed by atoms with Gasteiger partial charge in [0.05, 0.1) is 16.7 Å². The first-order chi connectivity index (χ1) is 18.2. The van der Waals surface area contributed by atoms with Gasteiger partial charge in [-0.3, -0.25) is 9.59 Å². The Morgan fingerprint density at radius 2 is 1.35 bits per heavy atom. The molecule has 0 aliphatic carbocycles. The van der Waals surface area contributed by atoms with Crippen molar-refractivity contribution in [1.82, 2.24) is 14.5 Å². The van der Waals surface area contributed by atoms with Gasteiger partial charge in [-0.1, -0.05) is 60.7 Å². The summed E-state index contributed by atoms with van der Waals surface area (Å²) >= 11 is 0. The standard InChI is InChI=1S/C31H30N4O2/c36-29-19-11-17-27(32-29)30-31(37)35(28-18-9-8-16-26(28)33-30)25-20-23-14-10-15-24(21-25)34(23)22-12-6-4-2-1-3-5-7-13-22/h1-9,11-13,16-19,23-25H,10,14-15,20-21H2,(H,32,36)/t23-,24+,25?. The van der Waals surface area contributed by atoms with Gasteiger partial charge in [0.2, 0.25) is 5.56 Å². The number of hydrogen-bond acceptors (Lipinski definition) is 4. The molecule has 4 aromatic rings. The van der Waals surface area contributed by atoms with Gasteiger partial charge in [0.1, 0.15) is 0 Å². The predicted octanol–water partition coefficient (Wildman–Crippen LogP) is 5.64. The second-order valence-electron chi connectivity index (χ2n) is 9.93. The Labute approximate surface area is 215 Å². The van der Waals surface area contributed by atoms with Crippen LogP contribution in [0.15, 0.2) is 107 Å². The van der Waals surface area contributed by atoms with Gasteiger partial charge in [-0.2, -0.15) is 0 Å². The maximum atomic E-state index is 14.0. The van der Waals surface area contributed by atoms with Crippen molar-refractivity contribution in [3.8, 4) is 11.4 Å². The SMILES string of the molecule is O=c1cccc(-c2nc3ccccc3n(C3C[C@H]4CCC[C@@H](C3)N4c3ccccccccc3)c2=O)[nH]1. The van der Waals surface area contributed by atoms with Crippen LogP contribution in [-0.4, -0.2) is 26.6 Å². The van der Waals surface area contributed by atoms with Gasteiger partial charge in [-0.05, 0) is 62.4 Å². The highest BCUT2D eigenvalue weighted by atomic mass is 16.1. The molecule has 0 spiro atoms. The Kier molecular flexibility index (Phi) is 6.31. The molecule has 186 valence electrons. The predicted molar refractivity (Wildman–Crippen MR) is 148 cm³/mol. The van der Waals surface area contributed by atoms with E-state index in [0.29, 0.717) is 23.5 Å². The Balaban J connectivity index is 1.44. The molecule has 6 rings (SSSR count). The summed E-state index contributed by atoms with van der Waals surface area (Å²) in [6, 6.07) is 32.3. The number of rotatable bonds is 3. The molecule has 6 heteroatoms. The van der Waals surface area contributed by atoms with E-state index < -0.39 is 0 Å². The maximum Gasteiger partial charge on any atom is 0.279 e. The summed E-state index contributed by atoms with van der Waals surface area (Å²) in [7, 11) is 0. The van der Waals surface area contributed by atoms with Gasteiger partial charge in [0, 0.05) is 29.9 Å². The second-order valence-corrected chi connectivity index (χ2v) is 9.93. The number of nitrogens with zero attached hydrogens (tertiary/aromatic N) is 3. The molecule has 2 saturated heterocycles. The van der Waals surface area contributed by atoms with Crippen molar-refractivity contribution in [2.75, 3.05) is 4.90 Å². The number of pyridine rings is 1. The minimum atomic E-state index is -0.243. The highest BCUT2D eigenvalue weighted by Crippen LogP contribution is 2.42. The number of piperidine rings is 2. The smallest absolute Gasteiger partial charge is 0.279 e. The summed E-state index contributed by atoms with van der Waals surface area (Å²) in [6.07, 6.45) is 5.19. The Hall–Kier alpha value is -4.19. The molecule has 0 saturated carbocycles. The summed E-state index contributed by atoms with van der Waals surface area (Å²) in [4.78, 5) is 36.1. The van der Waals surface area contributed by atoms with Crippen LogP contribution >= 0.6 is 0 Å². The molecule has 2 aromatic heterocycles. The fourth-order valence-electron chi connectivity index (χ4n) is 6.12. The summed E-state index contributed by atoms with van der Waals surface area (Å²) in [5.41, 5.74) is 3.20. The lowest BCUT2D eigenvalue weighted by molar-refractivity contribution is 0.230. The van der Waals surface area contributed by atoms with E-state index in [9.17, 15) is 9.59 Å². The van der Waals surface area contributed by atoms with Gasteiger partial charge in [-0.15, -0.1) is 0 Å². The summed E-state index contributed by atoms with van der Waals surface area (Å²) in [6.45, 7) is 0. The van der Waals surface area contributed by atoms with Gasteiger partial charge >= 0.3 is 0 Å². The Bertz CT molecular complexity index is 1570. The minimum absolute atomic E-state index is 0.0589. The van der Waals surface area contributed by atoms with E-state index >= 15 is 0 Å². The number of benzene rings is 1. The molecule has 37 heavy (non-hydrogen) atoms. The van der Waals surface area contributed by atoms with E-state index in [2.05, 4.69) is 51.3 Å². The number of para-hydroxylation sites is 2. The maximum absolute atomic E-state index is 14.0. The van der Waals surface area contributed by atoms with E-state index in [0.717, 1.165) is 36.7 Å². The zero-order valence-corrected chi connectivity index (χ0v) is 20.7. The van der Waals surface area contributed by atoms with Crippen LogP contribution in [0.4, 0.5) is 5.69 Å². The molecular weight excluding hydrogens is 460 g/mol. The van der Waals surface area contributed by atoms with Gasteiger partial charge in [0.25, 0.3) is 5.56 Å². The minimum Gasteiger partial charge on any atom is -0.365 e.